The number of ketones is 1. The molecule has 5 atom stereocenters. The van der Waals surface area contributed by atoms with Gasteiger partial charge in [-0.05, 0) is 80.4 Å². The maximum atomic E-state index is 14.4. The van der Waals surface area contributed by atoms with Gasteiger partial charge in [0.15, 0.2) is 5.78 Å². The average Bonchev–Trinajstić information content (AvgIpc) is 3.99. The van der Waals surface area contributed by atoms with Gasteiger partial charge in [-0.2, -0.15) is 0 Å². The van der Waals surface area contributed by atoms with Gasteiger partial charge in [-0.3, -0.25) is 28.8 Å². The third kappa shape index (κ3) is 8.09. The van der Waals surface area contributed by atoms with Gasteiger partial charge < -0.3 is 14.4 Å². The molecule has 1 aromatic carbocycles. The van der Waals surface area contributed by atoms with Crippen molar-refractivity contribution in [1.29, 1.82) is 0 Å². The number of aryl methyl sites for hydroxylation is 1. The normalized spacial score (nSPS) is 31.5. The lowest BCUT2D eigenvalue weighted by atomic mass is 9.90. The van der Waals surface area contributed by atoms with Crippen LogP contribution in [0.5, 0.6) is 0 Å². The lowest BCUT2D eigenvalue weighted by Gasteiger charge is -2.29. The molecule has 4 aliphatic heterocycles. The number of hydrogen-bond acceptors (Lipinski definition) is 9. The molecule has 12 nitrogen and oxygen atoms in total. The van der Waals surface area contributed by atoms with Crippen LogP contribution in [0.3, 0.4) is 0 Å². The molecule has 0 spiro atoms. The summed E-state index contributed by atoms with van der Waals surface area (Å²) in [6, 6.07) is 5.15. The van der Waals surface area contributed by atoms with Crippen LogP contribution in [-0.2, 0) is 58.2 Å². The lowest BCUT2D eigenvalue weighted by molar-refractivity contribution is -0.150. The Labute approximate surface area is 306 Å². The zero-order valence-corrected chi connectivity index (χ0v) is 30.7. The first-order chi connectivity index (χ1) is 25.0. The number of hydrogen-bond donors (Lipinski definition) is 1. The number of cyclic esters (lactones) is 1. The van der Waals surface area contributed by atoms with Gasteiger partial charge >= 0.3 is 12.1 Å². The maximum Gasteiger partial charge on any atom is 0.410 e. The topological polar surface area (TPSA) is 156 Å². The molecule has 7 rings (SSSR count). The number of nitrogens with zero attached hydrogens (tertiary/aromatic N) is 2. The fourth-order valence-corrected chi connectivity index (χ4v) is 9.99. The molecule has 282 valence electrons. The second-order valence-electron chi connectivity index (χ2n) is 15.8. The number of ether oxygens (including phenoxy) is 2. The Morgan fingerprint density at radius 2 is 1.71 bits per heavy atom. The fourth-order valence-electron chi connectivity index (χ4n) is 8.61. The molecular formula is C39H51N3O9S. The van der Waals surface area contributed by atoms with Crippen LogP contribution >= 0.6 is 0 Å². The first-order valence-corrected chi connectivity index (χ1v) is 20.9. The quantitative estimate of drug-likeness (QED) is 0.338. The van der Waals surface area contributed by atoms with Crippen LogP contribution < -0.4 is 4.72 Å². The second-order valence-corrected chi connectivity index (χ2v) is 17.8. The van der Waals surface area contributed by atoms with E-state index < -0.39 is 56.7 Å². The highest BCUT2D eigenvalue weighted by Gasteiger charge is 2.61. The van der Waals surface area contributed by atoms with Crippen LogP contribution in [-0.4, -0.2) is 78.4 Å². The van der Waals surface area contributed by atoms with Crippen LogP contribution in [0, 0.1) is 17.3 Å². The second kappa shape index (κ2) is 15.3. The van der Waals surface area contributed by atoms with Gasteiger partial charge in [-0.1, -0.05) is 56.0 Å². The van der Waals surface area contributed by atoms with Crippen LogP contribution in [0.25, 0.3) is 0 Å². The largest absolute Gasteiger partial charge is 0.466 e. The number of fused-ring (bicyclic) bond motifs is 4. The average molecular weight is 738 g/mol. The summed E-state index contributed by atoms with van der Waals surface area (Å²) in [5.41, 5.74) is 2.18. The summed E-state index contributed by atoms with van der Waals surface area (Å²) < 4.78 is 39.5. The molecule has 1 N–H and O–H groups in total. The van der Waals surface area contributed by atoms with Crippen molar-refractivity contribution >= 4 is 39.7 Å². The highest BCUT2D eigenvalue weighted by atomic mass is 32.2. The highest BCUT2D eigenvalue weighted by molar-refractivity contribution is 7.90. The third-order valence-electron chi connectivity index (χ3n) is 12.0. The Hall–Kier alpha value is -3.74. The minimum Gasteiger partial charge on any atom is -0.466 e. The van der Waals surface area contributed by atoms with E-state index in [9.17, 15) is 32.4 Å². The molecule has 0 unspecified atom stereocenters. The van der Waals surface area contributed by atoms with E-state index in [-0.39, 0.29) is 50.0 Å². The number of Topliss-reactive ketones (excluding diaryl/α,β-unsaturated/α-hetero) is 1. The van der Waals surface area contributed by atoms with Gasteiger partial charge in [-0.15, -0.1) is 0 Å². The smallest absolute Gasteiger partial charge is 0.410 e. The molecule has 3 fully saturated rings. The minimum atomic E-state index is -3.84. The van der Waals surface area contributed by atoms with E-state index in [1.165, 1.54) is 10.5 Å². The van der Waals surface area contributed by atoms with Gasteiger partial charge in [0.1, 0.15) is 6.10 Å². The Kier molecular flexibility index (Phi) is 10.8. The highest BCUT2D eigenvalue weighted by Crippen LogP contribution is 2.57. The molecule has 52 heavy (non-hydrogen) atoms. The predicted molar refractivity (Wildman–Crippen MR) is 190 cm³/mol. The Balaban J connectivity index is 1.16. The summed E-state index contributed by atoms with van der Waals surface area (Å²) in [7, 11) is -3.84. The third-order valence-corrected chi connectivity index (χ3v) is 13.8. The molecule has 4 heterocycles. The number of rotatable bonds is 3. The van der Waals surface area contributed by atoms with E-state index in [0.717, 1.165) is 62.5 Å². The molecule has 6 aliphatic rings. The van der Waals surface area contributed by atoms with E-state index in [1.54, 1.807) is 4.90 Å². The van der Waals surface area contributed by atoms with E-state index >= 15 is 0 Å². The lowest BCUT2D eigenvalue weighted by Crippen LogP contribution is -2.46. The SMILES string of the molecule is O=C1C[C@H]2CCCCC/C=C\[C@@H]3C[C@@]3(C(=O)NS(=O)(=O)C3CC3)CC(=O)[C@@H]3C[C@H](CN3C2=O)OC(=O)N2Cc3cccc(c3C2)CCCCCCO1. The minimum absolute atomic E-state index is 0.0167. The number of carbonyl (C=O) groups is 5. The Bertz CT molecular complexity index is 1720. The number of nitrogens with one attached hydrogen (secondary N) is 1. The summed E-state index contributed by atoms with van der Waals surface area (Å²) in [6.45, 7) is 1.11. The van der Waals surface area contributed by atoms with Gasteiger partial charge in [0.05, 0.1) is 36.3 Å². The summed E-state index contributed by atoms with van der Waals surface area (Å²) in [6.07, 6.45) is 11.7. The first kappa shape index (κ1) is 36.6. The molecule has 1 aromatic rings. The molecular weight excluding hydrogens is 687 g/mol. The van der Waals surface area contributed by atoms with Crippen LogP contribution in [0.4, 0.5) is 4.79 Å². The molecule has 13 heteroatoms. The number of esters is 1. The molecule has 5 bridgehead atoms. The Morgan fingerprint density at radius 3 is 2.54 bits per heavy atom. The van der Waals surface area contributed by atoms with E-state index in [0.29, 0.717) is 45.2 Å². The summed E-state index contributed by atoms with van der Waals surface area (Å²) >= 11 is 0. The van der Waals surface area contributed by atoms with Crippen LogP contribution in [0.15, 0.2) is 30.4 Å². The molecule has 1 saturated heterocycles. The van der Waals surface area contributed by atoms with Crippen molar-refractivity contribution in [2.75, 3.05) is 13.2 Å². The number of benzene rings is 1. The predicted octanol–water partition coefficient (Wildman–Crippen LogP) is 4.87. The van der Waals surface area contributed by atoms with Gasteiger partial charge in [0.25, 0.3) is 0 Å². The molecule has 3 amide bonds. The standard InChI is InChI=1S/C39H51N3O9S/c43-34-22-39(37(46)40-52(48,49)31-16-17-31)21-29(39)15-8-3-1-2-7-12-27-19-35(44)50-18-9-5-4-6-11-26-13-10-14-28-23-41(25-32(26)28)38(47)51-30-20-33(34)42(24-30)36(27)45/h8,10,13-15,27,29-31,33H,1-7,9,11-12,16-25H2,(H,40,46)/b15-8-/t27-,29-,30-,33+,39-/m1/s1. The summed E-state index contributed by atoms with van der Waals surface area (Å²) in [5.74, 6) is -2.90. The molecule has 0 aromatic heterocycles. The van der Waals surface area contributed by atoms with Crippen LogP contribution in [0.1, 0.15) is 113 Å². The number of amides is 3. The van der Waals surface area contributed by atoms with E-state index in [4.69, 9.17) is 9.47 Å². The molecule has 2 saturated carbocycles. The zero-order valence-electron chi connectivity index (χ0n) is 29.9. The van der Waals surface area contributed by atoms with Crippen molar-refractivity contribution in [2.24, 2.45) is 17.3 Å². The maximum absolute atomic E-state index is 14.4. The number of sulfonamides is 1. The van der Waals surface area contributed by atoms with E-state index in [1.807, 2.05) is 24.3 Å². The summed E-state index contributed by atoms with van der Waals surface area (Å²) in [5, 5.41) is -0.595. The number of allylic oxidation sites excluding steroid dienone is 2. The van der Waals surface area contributed by atoms with Crippen molar-refractivity contribution in [3.05, 3.63) is 47.0 Å². The van der Waals surface area contributed by atoms with Crippen LogP contribution in [0.2, 0.25) is 0 Å². The van der Waals surface area contributed by atoms with Gasteiger partial charge in [0, 0.05) is 31.8 Å². The molecule has 2 aliphatic carbocycles. The van der Waals surface area contributed by atoms with Gasteiger partial charge in [-0.25, -0.2) is 13.2 Å². The van der Waals surface area contributed by atoms with Crippen molar-refractivity contribution in [2.45, 2.75) is 133 Å². The fraction of sp³-hybridized carbons (Fsp3) is 0.667. The van der Waals surface area contributed by atoms with Crippen molar-refractivity contribution < 1.29 is 41.9 Å². The summed E-state index contributed by atoms with van der Waals surface area (Å²) in [4.78, 5) is 72.3. The number of carbonyl (C=O) groups excluding carboxylic acids is 5. The van der Waals surface area contributed by atoms with Crippen molar-refractivity contribution in [1.82, 2.24) is 14.5 Å². The Morgan fingerprint density at radius 1 is 0.923 bits per heavy atom. The van der Waals surface area contributed by atoms with Crippen molar-refractivity contribution in [3.63, 3.8) is 0 Å². The zero-order chi connectivity index (χ0) is 36.5. The monoisotopic (exact) mass is 737 g/mol. The molecule has 0 radical (unpaired) electrons. The van der Waals surface area contributed by atoms with Gasteiger partial charge in [0.2, 0.25) is 21.8 Å². The first-order valence-electron chi connectivity index (χ1n) is 19.3. The van der Waals surface area contributed by atoms with E-state index in [2.05, 4.69) is 10.8 Å². The van der Waals surface area contributed by atoms with Crippen molar-refractivity contribution in [3.8, 4) is 0 Å².